The molecule has 1 fully saturated rings. The molecule has 0 aliphatic carbocycles. The largest absolute Gasteiger partial charge is 0.366 e. The van der Waals surface area contributed by atoms with E-state index < -0.39 is 10.0 Å². The van der Waals surface area contributed by atoms with E-state index in [2.05, 4.69) is 4.72 Å². The van der Waals surface area contributed by atoms with Crippen LogP contribution in [0.2, 0.25) is 0 Å². The zero-order valence-corrected chi connectivity index (χ0v) is 15.9. The van der Waals surface area contributed by atoms with Crippen molar-refractivity contribution in [3.8, 4) is 0 Å². The van der Waals surface area contributed by atoms with Crippen molar-refractivity contribution >= 4 is 21.6 Å². The number of hydrogen-bond acceptors (Lipinski definition) is 4. The molecule has 0 unspecified atom stereocenters. The average Bonchev–Trinajstić information content (AvgIpc) is 2.68. The van der Waals surface area contributed by atoms with Gasteiger partial charge in [0.05, 0.1) is 10.6 Å². The molecule has 0 atom stereocenters. The molecular formula is C19H22FN3O3S. The first-order valence-corrected chi connectivity index (χ1v) is 10.3. The fourth-order valence-corrected chi connectivity index (χ4v) is 4.20. The molecule has 8 heteroatoms. The lowest BCUT2D eigenvalue weighted by Gasteiger charge is -2.36. The lowest BCUT2D eigenvalue weighted by atomic mass is 10.1. The predicted octanol–water partition coefficient (Wildman–Crippen LogP) is 2.09. The minimum Gasteiger partial charge on any atom is -0.366 e. The standard InChI is InChI=1S/C19H22FN3O3S/c1-2-21-27(25,26)16-7-5-6-15(14-16)19(24)23-12-10-22(11-13-23)18-9-4-3-8-17(18)20/h3-9,14,21H,2,10-13H2,1H3. The Bertz CT molecular complexity index is 925. The summed E-state index contributed by atoms with van der Waals surface area (Å²) in [7, 11) is -3.62. The highest BCUT2D eigenvalue weighted by molar-refractivity contribution is 7.89. The summed E-state index contributed by atoms with van der Waals surface area (Å²) in [5.41, 5.74) is 0.858. The highest BCUT2D eigenvalue weighted by Crippen LogP contribution is 2.21. The first-order valence-electron chi connectivity index (χ1n) is 8.81. The van der Waals surface area contributed by atoms with E-state index in [1.165, 1.54) is 18.2 Å². The summed E-state index contributed by atoms with van der Waals surface area (Å²) in [6, 6.07) is 12.6. The molecule has 1 amide bonds. The molecule has 3 rings (SSSR count). The van der Waals surface area contributed by atoms with Gasteiger partial charge in [-0.25, -0.2) is 17.5 Å². The summed E-state index contributed by atoms with van der Waals surface area (Å²) in [6.07, 6.45) is 0. The molecule has 1 N–H and O–H groups in total. The molecule has 0 aromatic heterocycles. The number of anilines is 1. The molecule has 1 saturated heterocycles. The Morgan fingerprint density at radius 3 is 2.44 bits per heavy atom. The summed E-state index contributed by atoms with van der Waals surface area (Å²) >= 11 is 0. The number of benzene rings is 2. The maximum atomic E-state index is 13.9. The molecule has 0 spiro atoms. The zero-order valence-electron chi connectivity index (χ0n) is 15.1. The quantitative estimate of drug-likeness (QED) is 0.847. The molecule has 0 saturated carbocycles. The number of piperazine rings is 1. The maximum Gasteiger partial charge on any atom is 0.254 e. The Kier molecular flexibility index (Phi) is 5.76. The molecule has 1 aliphatic rings. The molecule has 1 aliphatic heterocycles. The molecule has 0 bridgehead atoms. The molecule has 1 heterocycles. The second kappa shape index (κ2) is 8.06. The van der Waals surface area contributed by atoms with Crippen LogP contribution in [0.1, 0.15) is 17.3 Å². The van der Waals surface area contributed by atoms with Crippen LogP contribution in [0.15, 0.2) is 53.4 Å². The lowest BCUT2D eigenvalue weighted by molar-refractivity contribution is 0.0746. The fourth-order valence-electron chi connectivity index (χ4n) is 3.11. The van der Waals surface area contributed by atoms with Crippen LogP contribution in [-0.2, 0) is 10.0 Å². The van der Waals surface area contributed by atoms with E-state index in [1.807, 2.05) is 4.90 Å². The third-order valence-electron chi connectivity index (χ3n) is 4.49. The number of para-hydroxylation sites is 1. The van der Waals surface area contributed by atoms with Crippen LogP contribution in [0.25, 0.3) is 0 Å². The van der Waals surface area contributed by atoms with Crippen molar-refractivity contribution in [1.29, 1.82) is 0 Å². The van der Waals surface area contributed by atoms with Gasteiger partial charge in [0, 0.05) is 38.3 Å². The Morgan fingerprint density at radius 2 is 1.78 bits per heavy atom. The van der Waals surface area contributed by atoms with E-state index in [-0.39, 0.29) is 23.2 Å². The van der Waals surface area contributed by atoms with Gasteiger partial charge in [0.2, 0.25) is 10.0 Å². The summed E-state index contributed by atoms with van der Waals surface area (Å²) in [6.45, 7) is 3.89. The topological polar surface area (TPSA) is 69.7 Å². The van der Waals surface area contributed by atoms with Gasteiger partial charge in [0.25, 0.3) is 5.91 Å². The highest BCUT2D eigenvalue weighted by atomic mass is 32.2. The maximum absolute atomic E-state index is 13.9. The predicted molar refractivity (Wildman–Crippen MR) is 102 cm³/mol. The van der Waals surface area contributed by atoms with Gasteiger partial charge in [-0.05, 0) is 30.3 Å². The van der Waals surface area contributed by atoms with Crippen molar-refractivity contribution in [1.82, 2.24) is 9.62 Å². The van der Waals surface area contributed by atoms with Crippen LogP contribution < -0.4 is 9.62 Å². The second-order valence-electron chi connectivity index (χ2n) is 6.26. The summed E-state index contributed by atoms with van der Waals surface area (Å²) in [5, 5.41) is 0. The van der Waals surface area contributed by atoms with Crippen molar-refractivity contribution in [3.05, 3.63) is 59.9 Å². The number of rotatable bonds is 5. The van der Waals surface area contributed by atoms with E-state index in [9.17, 15) is 17.6 Å². The molecular weight excluding hydrogens is 369 g/mol. The summed E-state index contributed by atoms with van der Waals surface area (Å²) < 4.78 is 40.6. The van der Waals surface area contributed by atoms with Crippen molar-refractivity contribution in [2.75, 3.05) is 37.6 Å². The van der Waals surface area contributed by atoms with E-state index in [4.69, 9.17) is 0 Å². The van der Waals surface area contributed by atoms with Crippen molar-refractivity contribution in [3.63, 3.8) is 0 Å². The Labute approximate surface area is 158 Å². The fraction of sp³-hybridized carbons (Fsp3) is 0.316. The van der Waals surface area contributed by atoms with E-state index >= 15 is 0 Å². The van der Waals surface area contributed by atoms with E-state index in [0.717, 1.165) is 0 Å². The second-order valence-corrected chi connectivity index (χ2v) is 8.03. The Balaban J connectivity index is 1.70. The first-order chi connectivity index (χ1) is 12.9. The minimum absolute atomic E-state index is 0.0696. The van der Waals surface area contributed by atoms with Gasteiger partial charge in [-0.2, -0.15) is 0 Å². The number of nitrogens with one attached hydrogen (secondary N) is 1. The number of halogens is 1. The Morgan fingerprint density at radius 1 is 1.07 bits per heavy atom. The smallest absolute Gasteiger partial charge is 0.254 e. The number of hydrogen-bond donors (Lipinski definition) is 1. The van der Waals surface area contributed by atoms with Crippen LogP contribution in [0.4, 0.5) is 10.1 Å². The molecule has 2 aromatic carbocycles. The average molecular weight is 391 g/mol. The summed E-state index contributed by atoms with van der Waals surface area (Å²) in [4.78, 5) is 16.4. The van der Waals surface area contributed by atoms with Gasteiger partial charge in [-0.1, -0.05) is 25.1 Å². The van der Waals surface area contributed by atoms with Crippen LogP contribution in [0, 0.1) is 5.82 Å². The lowest BCUT2D eigenvalue weighted by Crippen LogP contribution is -2.49. The van der Waals surface area contributed by atoms with Gasteiger partial charge < -0.3 is 9.80 Å². The number of carbonyl (C=O) groups excluding carboxylic acids is 1. The van der Waals surface area contributed by atoms with Crippen LogP contribution in [-0.4, -0.2) is 51.9 Å². The van der Waals surface area contributed by atoms with Crippen molar-refractivity contribution in [2.24, 2.45) is 0 Å². The third kappa shape index (κ3) is 4.28. The molecule has 27 heavy (non-hydrogen) atoms. The number of carbonyl (C=O) groups is 1. The summed E-state index contributed by atoms with van der Waals surface area (Å²) in [5.74, 6) is -0.504. The van der Waals surface area contributed by atoms with Crippen molar-refractivity contribution in [2.45, 2.75) is 11.8 Å². The first kappa shape index (κ1) is 19.3. The number of amides is 1. The van der Waals surface area contributed by atoms with Gasteiger partial charge in [0.15, 0.2) is 0 Å². The molecule has 2 aromatic rings. The minimum atomic E-state index is -3.62. The Hall–Kier alpha value is -2.45. The van der Waals surface area contributed by atoms with Crippen LogP contribution >= 0.6 is 0 Å². The van der Waals surface area contributed by atoms with Gasteiger partial charge in [-0.3, -0.25) is 4.79 Å². The van der Waals surface area contributed by atoms with Crippen LogP contribution in [0.5, 0.6) is 0 Å². The molecule has 6 nitrogen and oxygen atoms in total. The molecule has 144 valence electrons. The van der Waals surface area contributed by atoms with Gasteiger partial charge >= 0.3 is 0 Å². The van der Waals surface area contributed by atoms with E-state index in [0.29, 0.717) is 37.4 Å². The molecule has 0 radical (unpaired) electrons. The van der Waals surface area contributed by atoms with Gasteiger partial charge in [0.1, 0.15) is 5.82 Å². The zero-order chi connectivity index (χ0) is 19.4. The number of nitrogens with zero attached hydrogens (tertiary/aromatic N) is 2. The van der Waals surface area contributed by atoms with E-state index in [1.54, 1.807) is 42.2 Å². The van der Waals surface area contributed by atoms with Crippen LogP contribution in [0.3, 0.4) is 0 Å². The SMILES string of the molecule is CCNS(=O)(=O)c1cccc(C(=O)N2CCN(c3ccccc3F)CC2)c1. The monoisotopic (exact) mass is 391 g/mol. The van der Waals surface area contributed by atoms with Crippen molar-refractivity contribution < 1.29 is 17.6 Å². The third-order valence-corrected chi connectivity index (χ3v) is 6.03. The highest BCUT2D eigenvalue weighted by Gasteiger charge is 2.24. The number of sulfonamides is 1. The normalized spacial score (nSPS) is 15.0. The van der Waals surface area contributed by atoms with Gasteiger partial charge in [-0.15, -0.1) is 0 Å².